The van der Waals surface area contributed by atoms with Gasteiger partial charge in [0.2, 0.25) is 5.96 Å². The number of aliphatic imine (C=N–C) groups is 1. The molecule has 0 N–H and O–H groups in total. The lowest BCUT2D eigenvalue weighted by Gasteiger charge is -2.27. The zero-order chi connectivity index (χ0) is 17.6. The molecule has 8 nitrogen and oxygen atoms in total. The first kappa shape index (κ1) is 16.8. The fourth-order valence-corrected chi connectivity index (χ4v) is 2.43. The van der Waals surface area contributed by atoms with Crippen molar-refractivity contribution in [3.63, 3.8) is 0 Å². The highest BCUT2D eigenvalue weighted by Gasteiger charge is 2.15. The van der Waals surface area contributed by atoms with Gasteiger partial charge in [0.1, 0.15) is 5.49 Å². The van der Waals surface area contributed by atoms with Crippen molar-refractivity contribution in [3.8, 4) is 0 Å². The summed E-state index contributed by atoms with van der Waals surface area (Å²) in [7, 11) is 1.92. The number of morpholine rings is 1. The summed E-state index contributed by atoms with van der Waals surface area (Å²) in [5.41, 5.74) is 1.43. The number of pyridine rings is 1. The molecule has 0 aliphatic carbocycles. The van der Waals surface area contributed by atoms with Gasteiger partial charge < -0.3 is 14.2 Å². The number of ether oxygens (including phenoxy) is 1. The van der Waals surface area contributed by atoms with Crippen LogP contribution in [-0.2, 0) is 11.8 Å². The highest BCUT2D eigenvalue weighted by Crippen LogP contribution is 2.19. The molecule has 3 rings (SSSR count). The van der Waals surface area contributed by atoms with Crippen LogP contribution in [0, 0.1) is 10.1 Å². The maximum absolute atomic E-state index is 10.8. The Balaban J connectivity index is 1.99. The van der Waals surface area contributed by atoms with Crippen molar-refractivity contribution < 1.29 is 9.66 Å². The Kier molecular flexibility index (Phi) is 5.20. The van der Waals surface area contributed by atoms with Crippen molar-refractivity contribution >= 4 is 17.3 Å². The summed E-state index contributed by atoms with van der Waals surface area (Å²) < 4.78 is 7.31. The van der Waals surface area contributed by atoms with E-state index in [1.165, 1.54) is 12.1 Å². The number of nitro benzene ring substituents is 1. The van der Waals surface area contributed by atoms with Crippen LogP contribution in [0.25, 0.3) is 0 Å². The smallest absolute Gasteiger partial charge is 0.269 e. The molecule has 8 heteroatoms. The minimum absolute atomic E-state index is 0.0401. The van der Waals surface area contributed by atoms with E-state index in [2.05, 4.69) is 14.9 Å². The lowest BCUT2D eigenvalue weighted by atomic mass is 10.3. The van der Waals surface area contributed by atoms with Crippen LogP contribution in [0.3, 0.4) is 0 Å². The molecule has 1 aliphatic rings. The number of aromatic nitrogens is 1. The van der Waals surface area contributed by atoms with E-state index in [1.54, 1.807) is 12.1 Å². The third-order valence-electron chi connectivity index (χ3n) is 3.83. The molecule has 0 atom stereocenters. The number of hydrogen-bond acceptors (Lipinski definition) is 4. The summed E-state index contributed by atoms with van der Waals surface area (Å²) in [4.78, 5) is 21.7. The van der Waals surface area contributed by atoms with Crippen molar-refractivity contribution in [2.75, 3.05) is 26.3 Å². The van der Waals surface area contributed by atoms with Crippen molar-refractivity contribution in [2.24, 2.45) is 17.0 Å². The molecule has 0 saturated carbocycles. The molecule has 2 heterocycles. The van der Waals surface area contributed by atoms with E-state index in [0.29, 0.717) is 38.0 Å². The zero-order valence-corrected chi connectivity index (χ0v) is 13.9. The number of rotatable bonds is 2. The fourth-order valence-electron chi connectivity index (χ4n) is 2.43. The normalized spacial score (nSPS) is 16.1. The average molecular weight is 341 g/mol. The van der Waals surface area contributed by atoms with Crippen LogP contribution in [0.1, 0.15) is 0 Å². The van der Waals surface area contributed by atoms with Crippen LogP contribution < -0.4 is 5.49 Å². The van der Waals surface area contributed by atoms with Gasteiger partial charge in [0.05, 0.1) is 23.8 Å². The molecule has 1 saturated heterocycles. The molecule has 0 bridgehead atoms. The second kappa shape index (κ2) is 7.71. The standard InChI is InChI=1S/C17H19N5O3/c1-20-9-3-2-4-16(20)19-17(21-10-12-25-13-11-21)18-14-5-7-15(8-6-14)22(23)24/h2-9H,10-13H2,1H3. The Hall–Kier alpha value is -3.00. The van der Waals surface area contributed by atoms with Gasteiger partial charge in [-0.15, -0.1) is 0 Å². The zero-order valence-electron chi connectivity index (χ0n) is 13.9. The summed E-state index contributed by atoms with van der Waals surface area (Å²) in [6.07, 6.45) is 1.92. The Morgan fingerprint density at radius 3 is 2.52 bits per heavy atom. The highest BCUT2D eigenvalue weighted by atomic mass is 16.6. The Morgan fingerprint density at radius 1 is 1.16 bits per heavy atom. The Morgan fingerprint density at radius 2 is 1.88 bits per heavy atom. The third kappa shape index (κ3) is 4.30. The van der Waals surface area contributed by atoms with Gasteiger partial charge in [-0.2, -0.15) is 4.99 Å². The first-order valence-electron chi connectivity index (χ1n) is 7.96. The Bertz CT molecular complexity index is 836. The molecular weight excluding hydrogens is 322 g/mol. The molecule has 1 aromatic heterocycles. The lowest BCUT2D eigenvalue weighted by Crippen LogP contribution is -2.41. The van der Waals surface area contributed by atoms with E-state index >= 15 is 0 Å². The van der Waals surface area contributed by atoms with E-state index in [9.17, 15) is 10.1 Å². The van der Waals surface area contributed by atoms with Gasteiger partial charge in [-0.25, -0.2) is 4.99 Å². The first-order valence-corrected chi connectivity index (χ1v) is 7.96. The predicted molar refractivity (Wildman–Crippen MR) is 93.6 cm³/mol. The van der Waals surface area contributed by atoms with Crippen LogP contribution in [0.5, 0.6) is 0 Å². The monoisotopic (exact) mass is 341 g/mol. The summed E-state index contributed by atoms with van der Waals surface area (Å²) in [6, 6.07) is 11.9. The van der Waals surface area contributed by atoms with Gasteiger partial charge in [0.25, 0.3) is 5.69 Å². The molecule has 2 aromatic rings. The van der Waals surface area contributed by atoms with Crippen LogP contribution in [0.4, 0.5) is 11.4 Å². The predicted octanol–water partition coefficient (Wildman–Crippen LogP) is 1.85. The SMILES string of the molecule is Cn1ccccc1=NC(=Nc1ccc([N+](=O)[O-])cc1)N1CCOCC1. The van der Waals surface area contributed by atoms with Gasteiger partial charge in [-0.05, 0) is 24.3 Å². The molecule has 0 spiro atoms. The highest BCUT2D eigenvalue weighted by molar-refractivity contribution is 5.83. The van der Waals surface area contributed by atoms with Crippen LogP contribution >= 0.6 is 0 Å². The molecule has 130 valence electrons. The molecule has 25 heavy (non-hydrogen) atoms. The summed E-state index contributed by atoms with van der Waals surface area (Å²) >= 11 is 0. The van der Waals surface area contributed by atoms with Crippen molar-refractivity contribution in [1.29, 1.82) is 0 Å². The van der Waals surface area contributed by atoms with Gasteiger partial charge in [-0.1, -0.05) is 6.07 Å². The molecule has 0 amide bonds. The minimum Gasteiger partial charge on any atom is -0.378 e. The second-order valence-corrected chi connectivity index (χ2v) is 5.57. The number of aryl methyl sites for hydroxylation is 1. The van der Waals surface area contributed by atoms with Crippen molar-refractivity contribution in [1.82, 2.24) is 9.47 Å². The Labute approximate surface area is 144 Å². The van der Waals surface area contributed by atoms with E-state index in [0.717, 1.165) is 5.49 Å². The second-order valence-electron chi connectivity index (χ2n) is 5.57. The number of non-ortho nitro benzene ring substituents is 1. The largest absolute Gasteiger partial charge is 0.378 e. The summed E-state index contributed by atoms with van der Waals surface area (Å²) in [6.45, 7) is 2.64. The topological polar surface area (TPSA) is 85.3 Å². The quantitative estimate of drug-likeness (QED) is 0.361. The van der Waals surface area contributed by atoms with Crippen LogP contribution in [-0.4, -0.2) is 46.7 Å². The summed E-state index contributed by atoms with van der Waals surface area (Å²) in [5.74, 6) is 0.568. The van der Waals surface area contributed by atoms with Gasteiger partial charge in [0, 0.05) is 38.5 Å². The number of guanidine groups is 1. The number of nitro groups is 1. The summed E-state index contributed by atoms with van der Waals surface area (Å²) in [5, 5.41) is 10.8. The van der Waals surface area contributed by atoms with E-state index in [4.69, 9.17) is 4.74 Å². The molecule has 0 radical (unpaired) electrons. The molecule has 0 unspecified atom stereocenters. The van der Waals surface area contributed by atoms with Crippen LogP contribution in [0.2, 0.25) is 0 Å². The number of hydrogen-bond donors (Lipinski definition) is 0. The van der Waals surface area contributed by atoms with Gasteiger partial charge in [0.15, 0.2) is 0 Å². The molecule has 1 aliphatic heterocycles. The van der Waals surface area contributed by atoms with E-state index in [1.807, 2.05) is 36.0 Å². The maximum Gasteiger partial charge on any atom is 0.269 e. The van der Waals surface area contributed by atoms with Crippen molar-refractivity contribution in [3.05, 3.63) is 64.3 Å². The van der Waals surface area contributed by atoms with Crippen molar-refractivity contribution in [2.45, 2.75) is 0 Å². The van der Waals surface area contributed by atoms with E-state index < -0.39 is 4.92 Å². The van der Waals surface area contributed by atoms with Gasteiger partial charge >= 0.3 is 0 Å². The minimum atomic E-state index is -0.426. The number of benzene rings is 1. The fraction of sp³-hybridized carbons (Fsp3) is 0.294. The number of nitrogens with zero attached hydrogens (tertiary/aromatic N) is 5. The third-order valence-corrected chi connectivity index (χ3v) is 3.83. The first-order chi connectivity index (χ1) is 12.1. The molecule has 1 fully saturated rings. The maximum atomic E-state index is 10.8. The van der Waals surface area contributed by atoms with Gasteiger partial charge in [-0.3, -0.25) is 10.1 Å². The average Bonchev–Trinajstić information content (AvgIpc) is 2.64. The lowest BCUT2D eigenvalue weighted by molar-refractivity contribution is -0.384. The van der Waals surface area contributed by atoms with Crippen LogP contribution in [0.15, 0.2) is 58.6 Å². The van der Waals surface area contributed by atoms with E-state index in [-0.39, 0.29) is 5.69 Å². The molecular formula is C17H19N5O3. The molecule has 1 aromatic carbocycles.